The Kier molecular flexibility index (Phi) is 5.03. The third-order valence-electron chi connectivity index (χ3n) is 3.51. The number of aliphatic hydroxyl groups is 1. The molecule has 2 nitrogen and oxygen atoms in total. The predicted octanol–water partition coefficient (Wildman–Crippen LogP) is 3.64. The highest BCUT2D eigenvalue weighted by Gasteiger charge is 2.27. The third-order valence-corrected chi connectivity index (χ3v) is 5.12. The second-order valence-corrected chi connectivity index (χ2v) is 7.26. The number of aliphatic hydroxyl groups excluding tert-OH is 1. The summed E-state index contributed by atoms with van der Waals surface area (Å²) in [5.41, 5.74) is 0. The molecule has 1 aromatic heterocycles. The first-order valence-electron chi connectivity index (χ1n) is 6.37. The van der Waals surface area contributed by atoms with Gasteiger partial charge in [0.2, 0.25) is 0 Å². The number of likely N-dealkylation sites (tertiary alicyclic amines) is 1. The average Bonchev–Trinajstić information content (AvgIpc) is 2.74. The maximum absolute atomic E-state index is 10.1. The molecule has 0 aliphatic carbocycles. The molecule has 17 heavy (non-hydrogen) atoms. The van der Waals surface area contributed by atoms with Crippen molar-refractivity contribution in [2.24, 2.45) is 0 Å². The predicted molar refractivity (Wildman–Crippen MR) is 76.4 cm³/mol. The molecule has 0 saturated carbocycles. The van der Waals surface area contributed by atoms with Crippen LogP contribution >= 0.6 is 27.3 Å². The molecule has 1 fully saturated rings. The Bertz CT molecular complexity index is 355. The van der Waals surface area contributed by atoms with Crippen molar-refractivity contribution < 1.29 is 5.11 Å². The van der Waals surface area contributed by atoms with Crippen molar-refractivity contribution in [2.45, 2.75) is 51.3 Å². The van der Waals surface area contributed by atoms with Crippen molar-refractivity contribution in [3.63, 3.8) is 0 Å². The number of halogens is 1. The maximum Gasteiger partial charge on any atom is 0.0701 e. The van der Waals surface area contributed by atoms with Gasteiger partial charge in [0.15, 0.2) is 0 Å². The molecule has 1 aliphatic rings. The molecule has 2 heterocycles. The molecule has 1 aliphatic heterocycles. The summed E-state index contributed by atoms with van der Waals surface area (Å²) in [5.74, 6) is 0. The monoisotopic (exact) mass is 317 g/mol. The van der Waals surface area contributed by atoms with E-state index in [4.69, 9.17) is 0 Å². The molecule has 96 valence electrons. The van der Waals surface area contributed by atoms with Crippen LogP contribution in [0.15, 0.2) is 15.9 Å². The van der Waals surface area contributed by atoms with E-state index in [1.54, 1.807) is 11.3 Å². The van der Waals surface area contributed by atoms with Gasteiger partial charge in [-0.05, 0) is 53.9 Å². The topological polar surface area (TPSA) is 23.5 Å². The lowest BCUT2D eigenvalue weighted by Gasteiger charge is -2.38. The van der Waals surface area contributed by atoms with Crippen molar-refractivity contribution in [1.82, 2.24) is 4.90 Å². The number of hydrogen-bond acceptors (Lipinski definition) is 3. The van der Waals surface area contributed by atoms with Gasteiger partial charge in [-0.3, -0.25) is 4.90 Å². The van der Waals surface area contributed by atoms with Crippen LogP contribution in [0.4, 0.5) is 0 Å². The second-order valence-electron chi connectivity index (χ2n) is 4.72. The first-order chi connectivity index (χ1) is 8.20. The van der Waals surface area contributed by atoms with Gasteiger partial charge in [0.25, 0.3) is 0 Å². The van der Waals surface area contributed by atoms with E-state index in [1.165, 1.54) is 21.5 Å². The minimum atomic E-state index is -0.168. The van der Waals surface area contributed by atoms with Crippen LogP contribution < -0.4 is 0 Å². The zero-order chi connectivity index (χ0) is 12.3. The highest BCUT2D eigenvalue weighted by atomic mass is 79.9. The van der Waals surface area contributed by atoms with Gasteiger partial charge in [-0.2, -0.15) is 0 Å². The summed E-state index contributed by atoms with van der Waals surface area (Å²) < 4.78 is 1.19. The van der Waals surface area contributed by atoms with E-state index < -0.39 is 0 Å². The fraction of sp³-hybridized carbons (Fsp3) is 0.692. The molecule has 0 aromatic carbocycles. The van der Waals surface area contributed by atoms with Gasteiger partial charge in [-0.1, -0.05) is 13.3 Å². The Morgan fingerprint density at radius 1 is 1.53 bits per heavy atom. The lowest BCUT2D eigenvalue weighted by molar-refractivity contribution is 0.0201. The SMILES string of the molecule is CCC(O)C1CCCCN1Cc1ccc(Br)s1. The zero-order valence-electron chi connectivity index (χ0n) is 10.2. The number of rotatable bonds is 4. The largest absolute Gasteiger partial charge is 0.392 e. The normalized spacial score (nSPS) is 23.8. The maximum atomic E-state index is 10.1. The van der Waals surface area contributed by atoms with Gasteiger partial charge in [0.05, 0.1) is 9.89 Å². The third kappa shape index (κ3) is 3.53. The van der Waals surface area contributed by atoms with Crippen LogP contribution in [0.3, 0.4) is 0 Å². The summed E-state index contributed by atoms with van der Waals surface area (Å²) >= 11 is 5.30. The first-order valence-corrected chi connectivity index (χ1v) is 7.98. The van der Waals surface area contributed by atoms with Gasteiger partial charge in [-0.25, -0.2) is 0 Å². The van der Waals surface area contributed by atoms with Crippen LogP contribution in [0, 0.1) is 0 Å². The van der Waals surface area contributed by atoms with Crippen molar-refractivity contribution in [3.8, 4) is 0 Å². The summed E-state index contributed by atoms with van der Waals surface area (Å²) in [4.78, 5) is 3.84. The second kappa shape index (κ2) is 6.32. The van der Waals surface area contributed by atoms with Gasteiger partial charge < -0.3 is 5.11 Å². The van der Waals surface area contributed by atoms with E-state index in [1.807, 2.05) is 0 Å². The molecule has 0 amide bonds. The molecule has 1 aromatic rings. The molecule has 0 radical (unpaired) electrons. The van der Waals surface area contributed by atoms with Gasteiger partial charge in [-0.15, -0.1) is 11.3 Å². The number of hydrogen-bond donors (Lipinski definition) is 1. The molecular formula is C13H20BrNOS. The lowest BCUT2D eigenvalue weighted by atomic mass is 9.96. The Labute approximate surface area is 116 Å². The van der Waals surface area contributed by atoms with E-state index in [2.05, 4.69) is 39.9 Å². The van der Waals surface area contributed by atoms with E-state index in [-0.39, 0.29) is 6.10 Å². The van der Waals surface area contributed by atoms with Gasteiger partial charge >= 0.3 is 0 Å². The summed E-state index contributed by atoms with van der Waals surface area (Å²) in [6, 6.07) is 4.64. The van der Waals surface area contributed by atoms with Crippen molar-refractivity contribution >= 4 is 27.3 Å². The minimum absolute atomic E-state index is 0.168. The summed E-state index contributed by atoms with van der Waals surface area (Å²) in [5, 5.41) is 10.1. The highest BCUT2D eigenvalue weighted by molar-refractivity contribution is 9.11. The lowest BCUT2D eigenvalue weighted by Crippen LogP contribution is -2.45. The smallest absolute Gasteiger partial charge is 0.0701 e. The molecular weight excluding hydrogens is 298 g/mol. The number of nitrogens with zero attached hydrogens (tertiary/aromatic N) is 1. The average molecular weight is 318 g/mol. The molecule has 1 N–H and O–H groups in total. The molecule has 2 rings (SSSR count). The molecule has 2 atom stereocenters. The zero-order valence-corrected chi connectivity index (χ0v) is 12.6. The van der Waals surface area contributed by atoms with Crippen LogP contribution in [0.25, 0.3) is 0 Å². The Morgan fingerprint density at radius 2 is 2.35 bits per heavy atom. The quantitative estimate of drug-likeness (QED) is 0.916. The molecule has 0 spiro atoms. The van der Waals surface area contributed by atoms with Crippen LogP contribution in [0.2, 0.25) is 0 Å². The Balaban J connectivity index is 2.01. The summed E-state index contributed by atoms with van der Waals surface area (Å²) in [6.07, 6.45) is 4.35. The standard InChI is InChI=1S/C13H20BrNOS/c1-2-12(16)11-5-3-4-8-15(11)9-10-6-7-13(14)17-10/h6-7,11-12,16H,2-5,8-9H2,1H3. The fourth-order valence-corrected chi connectivity index (χ4v) is 4.07. The molecule has 0 bridgehead atoms. The first kappa shape index (κ1) is 13.5. The Morgan fingerprint density at radius 3 is 3.00 bits per heavy atom. The fourth-order valence-electron chi connectivity index (χ4n) is 2.56. The summed E-state index contributed by atoms with van der Waals surface area (Å²) in [7, 11) is 0. The number of piperidine rings is 1. The minimum Gasteiger partial charge on any atom is -0.392 e. The van der Waals surface area contributed by atoms with Crippen LogP contribution in [-0.2, 0) is 6.54 Å². The van der Waals surface area contributed by atoms with E-state index in [0.29, 0.717) is 6.04 Å². The highest BCUT2D eigenvalue weighted by Crippen LogP contribution is 2.27. The molecule has 4 heteroatoms. The van der Waals surface area contributed by atoms with Crippen molar-refractivity contribution in [3.05, 3.63) is 20.8 Å². The van der Waals surface area contributed by atoms with Gasteiger partial charge in [0.1, 0.15) is 0 Å². The van der Waals surface area contributed by atoms with Gasteiger partial charge in [0, 0.05) is 17.5 Å². The van der Waals surface area contributed by atoms with Crippen LogP contribution in [-0.4, -0.2) is 28.7 Å². The molecule has 2 unspecified atom stereocenters. The van der Waals surface area contributed by atoms with Crippen LogP contribution in [0.1, 0.15) is 37.5 Å². The van der Waals surface area contributed by atoms with Crippen molar-refractivity contribution in [1.29, 1.82) is 0 Å². The van der Waals surface area contributed by atoms with Crippen molar-refractivity contribution in [2.75, 3.05) is 6.54 Å². The van der Waals surface area contributed by atoms with Crippen LogP contribution in [0.5, 0.6) is 0 Å². The number of thiophene rings is 1. The molecule has 1 saturated heterocycles. The van der Waals surface area contributed by atoms with E-state index in [0.717, 1.165) is 25.9 Å². The van der Waals surface area contributed by atoms with E-state index in [9.17, 15) is 5.11 Å². The van der Waals surface area contributed by atoms with E-state index >= 15 is 0 Å². The Hall–Kier alpha value is 0.1000. The summed E-state index contributed by atoms with van der Waals surface area (Å²) in [6.45, 7) is 4.18.